The van der Waals surface area contributed by atoms with Crippen LogP contribution in [0.2, 0.25) is 0 Å². The third kappa shape index (κ3) is 18.7. The maximum Gasteiger partial charge on any atom is 0.348 e. The molecule has 0 amide bonds. The Morgan fingerprint density at radius 1 is 0.382 bits per heavy atom. The van der Waals surface area contributed by atoms with E-state index in [-0.39, 0.29) is 17.0 Å². The van der Waals surface area contributed by atoms with Gasteiger partial charge >= 0.3 is 17.9 Å². The topological polar surface area (TPSA) is 121 Å². The van der Waals surface area contributed by atoms with E-state index in [1.165, 1.54) is 18.2 Å². The summed E-state index contributed by atoms with van der Waals surface area (Å²) in [5.74, 6) is -2.90. The quantitative estimate of drug-likeness (QED) is 0.0162. The van der Waals surface area contributed by atoms with Crippen LogP contribution >= 0.6 is 0 Å². The molecule has 0 aliphatic heterocycles. The molecule has 9 rings (SSSR count). The second kappa shape index (κ2) is 31.6. The van der Waals surface area contributed by atoms with Crippen molar-refractivity contribution in [3.63, 3.8) is 0 Å². The number of carbonyl (C=O) groups excluding carboxylic acids is 3. The summed E-state index contributed by atoms with van der Waals surface area (Å²) in [6.45, 7) is 20.0. The van der Waals surface area contributed by atoms with E-state index >= 15 is 0 Å². The molecular weight excluding hydrogens is 1100 g/mol. The van der Waals surface area contributed by atoms with E-state index in [4.69, 9.17) is 27.4 Å². The molecule has 9 aromatic rings. The first kappa shape index (κ1) is 62.0. The molecule has 0 saturated heterocycles. The van der Waals surface area contributed by atoms with Gasteiger partial charge in [-0.05, 0) is 112 Å². The number of hydrogen-bond acceptors (Lipinski definition) is 10. The van der Waals surface area contributed by atoms with Crippen LogP contribution in [0.25, 0.3) is 27.9 Å². The molecule has 0 bridgehead atoms. The van der Waals surface area contributed by atoms with Crippen LogP contribution in [-0.4, -0.2) is 37.7 Å². The molecule has 0 aliphatic rings. The zero-order chi connectivity index (χ0) is 62.1. The van der Waals surface area contributed by atoms with Crippen molar-refractivity contribution in [2.45, 2.75) is 46.2 Å². The summed E-state index contributed by atoms with van der Waals surface area (Å²) in [5.41, 5.74) is 8.94. The van der Waals surface area contributed by atoms with E-state index < -0.39 is 43.1 Å². The van der Waals surface area contributed by atoms with Gasteiger partial charge in [0.2, 0.25) is 0 Å². The summed E-state index contributed by atoms with van der Waals surface area (Å²) < 4.78 is 17.4. The van der Waals surface area contributed by atoms with Crippen LogP contribution in [0, 0.1) is 29.9 Å². The minimum Gasteiger partial charge on any atom is -0.470 e. The summed E-state index contributed by atoms with van der Waals surface area (Å²) in [5, 5.41) is 10.3. The lowest BCUT2D eigenvalue weighted by molar-refractivity contribution is -0.155. The van der Waals surface area contributed by atoms with E-state index in [1.807, 2.05) is 188 Å². The average Bonchev–Trinajstić information content (AvgIpc) is 3.33. The number of benzene rings is 9. The van der Waals surface area contributed by atoms with Crippen LogP contribution in [0.3, 0.4) is 0 Å². The van der Waals surface area contributed by atoms with Gasteiger partial charge in [-0.15, -0.1) is 0 Å². The Hall–Kier alpha value is -11.5. The molecule has 9 aromatic carbocycles. The van der Waals surface area contributed by atoms with Gasteiger partial charge in [0.25, 0.3) is 11.4 Å². The number of esters is 3. The molecule has 89 heavy (non-hydrogen) atoms. The van der Waals surface area contributed by atoms with Gasteiger partial charge in [-0.25, -0.2) is 14.5 Å². The van der Waals surface area contributed by atoms with Gasteiger partial charge in [-0.1, -0.05) is 218 Å². The standard InChI is InChI=1S/C77H66N6O6/c1-77(56-87-74(84)68(49-78)46-59-34-40-69(41-35-59)81(50-62-22-10-4-11-23-62)51-63-24-12-5-13-25-63,57-88-75(85)72(79-2)47-60-36-42-70(43-37-60)82(52-64-26-14-6-15-27-64)53-65-28-16-7-17-29-65)58-89-76(86)73(80-3)48-61-38-44-71(45-39-61)83(54-66-30-18-8-19-31-66)55-67-32-20-9-21-33-67/h4-48H,50-58H2,1H3/b68-46+,72-47-,73-48-. The van der Waals surface area contributed by atoms with E-state index in [2.05, 4.69) is 97.2 Å². The van der Waals surface area contributed by atoms with Gasteiger partial charge in [0.15, 0.2) is 0 Å². The second-order valence-corrected chi connectivity index (χ2v) is 21.7. The molecule has 0 radical (unpaired) electrons. The molecule has 0 saturated carbocycles. The van der Waals surface area contributed by atoms with Crippen molar-refractivity contribution >= 4 is 53.2 Å². The Kier molecular flexibility index (Phi) is 22.0. The van der Waals surface area contributed by atoms with Crippen molar-refractivity contribution in [3.05, 3.63) is 345 Å². The maximum absolute atomic E-state index is 13.9. The molecule has 0 aliphatic carbocycles. The molecule has 440 valence electrons. The number of ether oxygens (including phenoxy) is 3. The number of hydrogen-bond donors (Lipinski definition) is 0. The highest BCUT2D eigenvalue weighted by Crippen LogP contribution is 2.28. The summed E-state index contributed by atoms with van der Waals surface area (Å²) in [7, 11) is 0. The Morgan fingerprint density at radius 2 is 0.618 bits per heavy atom. The fraction of sp³-hybridized carbons (Fsp3) is 0.143. The first-order chi connectivity index (χ1) is 43.5. The number of nitrogens with zero attached hydrogens (tertiary/aromatic N) is 6. The average molecular weight is 1170 g/mol. The molecule has 0 aromatic heterocycles. The third-order valence-electron chi connectivity index (χ3n) is 14.6. The molecule has 12 nitrogen and oxygen atoms in total. The van der Waals surface area contributed by atoms with Gasteiger partial charge in [0.1, 0.15) is 31.5 Å². The Labute approximate surface area is 521 Å². The van der Waals surface area contributed by atoms with Crippen molar-refractivity contribution in [2.75, 3.05) is 34.5 Å². The van der Waals surface area contributed by atoms with E-state index in [9.17, 15) is 19.6 Å². The fourth-order valence-electron chi connectivity index (χ4n) is 9.85. The normalized spacial score (nSPS) is 12.0. The molecule has 0 atom stereocenters. The Bertz CT molecular complexity index is 3450. The minimum absolute atomic E-state index is 0.306. The molecule has 0 N–H and O–H groups in total. The smallest absolute Gasteiger partial charge is 0.348 e. The molecule has 12 heteroatoms. The highest BCUT2D eigenvalue weighted by molar-refractivity contribution is 5.98. The van der Waals surface area contributed by atoms with E-state index in [0.717, 1.165) is 50.4 Å². The predicted octanol–water partition coefficient (Wildman–Crippen LogP) is 15.8. The summed E-state index contributed by atoms with van der Waals surface area (Å²) in [6, 6.07) is 85.4. The third-order valence-corrected chi connectivity index (χ3v) is 14.6. The molecule has 0 fully saturated rings. The summed E-state index contributed by atoms with van der Waals surface area (Å²) in [6.07, 6.45) is 4.29. The monoisotopic (exact) mass is 1170 g/mol. The fourth-order valence-corrected chi connectivity index (χ4v) is 9.85. The van der Waals surface area contributed by atoms with Gasteiger partial charge in [-0.2, -0.15) is 5.26 Å². The highest BCUT2D eigenvalue weighted by Gasteiger charge is 2.33. The first-order valence-corrected chi connectivity index (χ1v) is 29.1. The lowest BCUT2D eigenvalue weighted by Gasteiger charge is -2.28. The van der Waals surface area contributed by atoms with Crippen molar-refractivity contribution in [1.29, 1.82) is 5.26 Å². The Morgan fingerprint density at radius 3 is 0.854 bits per heavy atom. The van der Waals surface area contributed by atoms with Crippen molar-refractivity contribution in [2.24, 2.45) is 5.41 Å². The molecule has 0 spiro atoms. The molecular formula is C77H66N6O6. The number of anilines is 3. The summed E-state index contributed by atoms with van der Waals surface area (Å²) >= 11 is 0. The minimum atomic E-state index is -1.45. The van der Waals surface area contributed by atoms with Gasteiger partial charge in [-0.3, -0.25) is 9.59 Å². The largest absolute Gasteiger partial charge is 0.470 e. The predicted molar refractivity (Wildman–Crippen MR) is 351 cm³/mol. The highest BCUT2D eigenvalue weighted by atomic mass is 16.6. The van der Waals surface area contributed by atoms with Crippen molar-refractivity contribution in [1.82, 2.24) is 0 Å². The van der Waals surface area contributed by atoms with Crippen LogP contribution < -0.4 is 14.7 Å². The number of carbonyl (C=O) groups is 3. The van der Waals surface area contributed by atoms with Gasteiger partial charge in [0.05, 0.1) is 18.6 Å². The number of nitriles is 1. The van der Waals surface area contributed by atoms with Crippen LogP contribution in [0.1, 0.15) is 57.0 Å². The molecule has 0 unspecified atom stereocenters. The lowest BCUT2D eigenvalue weighted by atomic mass is 9.94. The van der Waals surface area contributed by atoms with Gasteiger partial charge < -0.3 is 28.9 Å². The molecule has 0 heterocycles. The van der Waals surface area contributed by atoms with Crippen LogP contribution in [-0.2, 0) is 67.9 Å². The van der Waals surface area contributed by atoms with E-state index in [0.29, 0.717) is 56.0 Å². The second-order valence-electron chi connectivity index (χ2n) is 21.7. The first-order valence-electron chi connectivity index (χ1n) is 29.1. The van der Waals surface area contributed by atoms with Crippen LogP contribution in [0.4, 0.5) is 17.1 Å². The lowest BCUT2D eigenvalue weighted by Crippen LogP contribution is -2.37. The van der Waals surface area contributed by atoms with Crippen LogP contribution in [0.5, 0.6) is 0 Å². The van der Waals surface area contributed by atoms with Crippen molar-refractivity contribution < 1.29 is 28.6 Å². The zero-order valence-corrected chi connectivity index (χ0v) is 49.5. The summed E-state index contributed by atoms with van der Waals surface area (Å²) in [4.78, 5) is 55.3. The van der Waals surface area contributed by atoms with Crippen molar-refractivity contribution in [3.8, 4) is 6.07 Å². The zero-order valence-electron chi connectivity index (χ0n) is 49.5. The van der Waals surface area contributed by atoms with Gasteiger partial charge in [0, 0.05) is 56.3 Å². The Balaban J connectivity index is 0.912. The number of rotatable bonds is 27. The SMILES string of the molecule is [C-]#[N+]/C(=C\c1ccc(N(Cc2ccccc2)Cc2ccccc2)cc1)C(=O)OCC(C)(COC(=O)/C(=C/c1ccc(N(Cc2ccccc2)Cc2ccccc2)cc1)[N+]#[C-])COC(=O)/C(C#N)=C/c1ccc(N(Cc2ccccc2)Cc2ccccc2)cc1. The maximum atomic E-state index is 13.9. The van der Waals surface area contributed by atoms with Crippen LogP contribution in [0.15, 0.2) is 272 Å². The van der Waals surface area contributed by atoms with E-state index in [1.54, 1.807) is 6.92 Å².